The number of carbonyl (C=O) groups is 1. The van der Waals surface area contributed by atoms with Crippen molar-refractivity contribution in [2.75, 3.05) is 45.9 Å². The van der Waals surface area contributed by atoms with Crippen molar-refractivity contribution in [3.05, 3.63) is 0 Å². The van der Waals surface area contributed by atoms with Crippen LogP contribution < -0.4 is 10.6 Å². The minimum absolute atomic E-state index is 0.293. The van der Waals surface area contributed by atoms with Crippen LogP contribution in [-0.4, -0.2) is 56.9 Å². The number of amides is 1. The highest BCUT2D eigenvalue weighted by Crippen LogP contribution is 2.02. The van der Waals surface area contributed by atoms with Gasteiger partial charge in [-0.05, 0) is 13.1 Å². The first kappa shape index (κ1) is 13.3. The largest absolute Gasteiger partial charge is 0.449 e. The van der Waals surface area contributed by atoms with Crippen molar-refractivity contribution >= 4 is 6.09 Å². The molecule has 2 N–H and O–H groups in total. The first-order valence-corrected chi connectivity index (χ1v) is 6.10. The van der Waals surface area contributed by atoms with Gasteiger partial charge in [-0.15, -0.1) is 0 Å². The van der Waals surface area contributed by atoms with E-state index in [1.165, 1.54) is 0 Å². The molecule has 0 spiro atoms. The van der Waals surface area contributed by atoms with Crippen LogP contribution in [0.25, 0.3) is 0 Å². The van der Waals surface area contributed by atoms with Gasteiger partial charge in [-0.25, -0.2) is 4.79 Å². The fourth-order valence-electron chi connectivity index (χ4n) is 1.57. The van der Waals surface area contributed by atoms with Gasteiger partial charge in [-0.1, -0.05) is 13.8 Å². The summed E-state index contributed by atoms with van der Waals surface area (Å²) in [7, 11) is 0. The summed E-state index contributed by atoms with van der Waals surface area (Å²) in [5, 5.41) is 5.90. The molecule has 0 unspecified atom stereocenters. The minimum Gasteiger partial charge on any atom is -0.449 e. The van der Waals surface area contributed by atoms with E-state index in [9.17, 15) is 4.79 Å². The number of nitrogens with zero attached hydrogens (tertiary/aromatic N) is 1. The summed E-state index contributed by atoms with van der Waals surface area (Å²) in [6, 6.07) is 0. The summed E-state index contributed by atoms with van der Waals surface area (Å²) in [6.45, 7) is 10.3. The molecule has 0 bridgehead atoms. The normalized spacial score (nSPS) is 15.9. The van der Waals surface area contributed by atoms with Gasteiger partial charge in [0, 0.05) is 32.1 Å². The molecule has 16 heavy (non-hydrogen) atoms. The molecule has 0 radical (unpaired) electrons. The molecule has 1 saturated heterocycles. The van der Waals surface area contributed by atoms with E-state index in [1.54, 1.807) is 0 Å². The number of rotatable bonds is 7. The Bertz CT molecular complexity index is 203. The molecule has 1 heterocycles. The van der Waals surface area contributed by atoms with Crippen LogP contribution in [0.2, 0.25) is 0 Å². The lowest BCUT2D eigenvalue weighted by Crippen LogP contribution is -2.45. The molecule has 0 aliphatic carbocycles. The van der Waals surface area contributed by atoms with Gasteiger partial charge in [0.1, 0.15) is 0 Å². The molecular formula is C11H23N3O2. The lowest BCUT2D eigenvalue weighted by Gasteiger charge is -2.26. The summed E-state index contributed by atoms with van der Waals surface area (Å²) in [5.41, 5.74) is 0. The van der Waals surface area contributed by atoms with Gasteiger partial charge in [0.2, 0.25) is 0 Å². The molecule has 94 valence electrons. The Morgan fingerprint density at radius 1 is 1.44 bits per heavy atom. The SMILES string of the molecule is CCN(CC)CCNC(=O)OCC1CNC1. The van der Waals surface area contributed by atoms with Gasteiger partial charge in [-0.2, -0.15) is 0 Å². The Labute approximate surface area is 97.5 Å². The van der Waals surface area contributed by atoms with Crippen LogP contribution in [0.5, 0.6) is 0 Å². The first-order valence-electron chi connectivity index (χ1n) is 6.10. The minimum atomic E-state index is -0.293. The fourth-order valence-corrected chi connectivity index (χ4v) is 1.57. The van der Waals surface area contributed by atoms with Gasteiger partial charge >= 0.3 is 6.09 Å². The fraction of sp³-hybridized carbons (Fsp3) is 0.909. The third-order valence-corrected chi connectivity index (χ3v) is 2.91. The van der Waals surface area contributed by atoms with E-state index < -0.39 is 0 Å². The lowest BCUT2D eigenvalue weighted by molar-refractivity contribution is 0.111. The lowest BCUT2D eigenvalue weighted by atomic mass is 10.1. The molecule has 0 aromatic carbocycles. The van der Waals surface area contributed by atoms with Crippen molar-refractivity contribution in [1.29, 1.82) is 0 Å². The number of nitrogens with one attached hydrogen (secondary N) is 2. The van der Waals surface area contributed by atoms with E-state index in [0.717, 1.165) is 32.7 Å². The van der Waals surface area contributed by atoms with Crippen LogP contribution in [0.4, 0.5) is 4.79 Å². The van der Waals surface area contributed by atoms with Crippen molar-refractivity contribution in [2.45, 2.75) is 13.8 Å². The molecule has 1 rings (SSSR count). The Hall–Kier alpha value is -0.810. The van der Waals surface area contributed by atoms with Gasteiger partial charge in [-0.3, -0.25) is 0 Å². The average molecular weight is 229 g/mol. The van der Waals surface area contributed by atoms with E-state index in [4.69, 9.17) is 4.74 Å². The molecule has 5 heteroatoms. The van der Waals surface area contributed by atoms with Crippen LogP contribution in [-0.2, 0) is 4.74 Å². The maximum atomic E-state index is 11.3. The van der Waals surface area contributed by atoms with Crippen LogP contribution in [0, 0.1) is 5.92 Å². The molecule has 1 aliphatic heterocycles. The molecule has 1 aliphatic rings. The van der Waals surface area contributed by atoms with Crippen LogP contribution in [0.1, 0.15) is 13.8 Å². The van der Waals surface area contributed by atoms with E-state index in [2.05, 4.69) is 29.4 Å². The smallest absolute Gasteiger partial charge is 0.407 e. The molecular weight excluding hydrogens is 206 g/mol. The number of ether oxygens (including phenoxy) is 1. The van der Waals surface area contributed by atoms with Crippen molar-refractivity contribution in [3.8, 4) is 0 Å². The highest BCUT2D eigenvalue weighted by molar-refractivity contribution is 5.67. The second-order valence-electron chi connectivity index (χ2n) is 4.08. The second-order valence-corrected chi connectivity index (χ2v) is 4.08. The second kappa shape index (κ2) is 7.46. The van der Waals surface area contributed by atoms with Crippen molar-refractivity contribution in [3.63, 3.8) is 0 Å². The maximum absolute atomic E-state index is 11.3. The molecule has 1 amide bonds. The Balaban J connectivity index is 1.96. The zero-order valence-electron chi connectivity index (χ0n) is 10.3. The molecule has 0 saturated carbocycles. The number of hydrogen-bond acceptors (Lipinski definition) is 4. The molecule has 0 aromatic heterocycles. The third kappa shape index (κ3) is 4.81. The quantitative estimate of drug-likeness (QED) is 0.658. The molecule has 5 nitrogen and oxygen atoms in total. The monoisotopic (exact) mass is 229 g/mol. The van der Waals surface area contributed by atoms with Crippen molar-refractivity contribution < 1.29 is 9.53 Å². The first-order chi connectivity index (χ1) is 7.76. The van der Waals surface area contributed by atoms with E-state index in [-0.39, 0.29) is 6.09 Å². The topological polar surface area (TPSA) is 53.6 Å². The predicted octanol–water partition coefficient (Wildman–Crippen LogP) is 0.274. The van der Waals surface area contributed by atoms with Crippen molar-refractivity contribution in [2.24, 2.45) is 5.92 Å². The van der Waals surface area contributed by atoms with Gasteiger partial charge in [0.25, 0.3) is 0 Å². The third-order valence-electron chi connectivity index (χ3n) is 2.91. The summed E-state index contributed by atoms with van der Waals surface area (Å²) in [6.07, 6.45) is -0.293. The number of hydrogen-bond donors (Lipinski definition) is 2. The number of alkyl carbamates (subject to hydrolysis) is 1. The standard InChI is InChI=1S/C11H23N3O2/c1-3-14(4-2)6-5-13-11(15)16-9-10-7-12-8-10/h10,12H,3-9H2,1-2H3,(H,13,15). The van der Waals surface area contributed by atoms with Gasteiger partial charge in [0.15, 0.2) is 0 Å². The summed E-state index contributed by atoms with van der Waals surface area (Å²) < 4.78 is 5.09. The van der Waals surface area contributed by atoms with E-state index in [1.807, 2.05) is 0 Å². The van der Waals surface area contributed by atoms with Crippen LogP contribution in [0.15, 0.2) is 0 Å². The maximum Gasteiger partial charge on any atom is 0.407 e. The zero-order valence-corrected chi connectivity index (χ0v) is 10.3. The zero-order chi connectivity index (χ0) is 11.8. The van der Waals surface area contributed by atoms with Crippen LogP contribution >= 0.6 is 0 Å². The Kier molecular flexibility index (Phi) is 6.18. The summed E-state index contributed by atoms with van der Waals surface area (Å²) in [5.74, 6) is 0.508. The number of carbonyl (C=O) groups excluding carboxylic acids is 1. The van der Waals surface area contributed by atoms with Crippen molar-refractivity contribution in [1.82, 2.24) is 15.5 Å². The predicted molar refractivity (Wildman–Crippen MR) is 63.5 cm³/mol. The van der Waals surface area contributed by atoms with E-state index >= 15 is 0 Å². The highest BCUT2D eigenvalue weighted by Gasteiger charge is 2.18. The molecule has 0 atom stereocenters. The highest BCUT2D eigenvalue weighted by atomic mass is 16.5. The molecule has 1 fully saturated rings. The van der Waals surface area contributed by atoms with Crippen LogP contribution in [0.3, 0.4) is 0 Å². The Morgan fingerprint density at radius 3 is 2.62 bits per heavy atom. The number of likely N-dealkylation sites (N-methyl/N-ethyl adjacent to an activating group) is 1. The average Bonchev–Trinajstić information content (AvgIpc) is 2.22. The molecule has 0 aromatic rings. The van der Waals surface area contributed by atoms with Gasteiger partial charge < -0.3 is 20.3 Å². The summed E-state index contributed by atoms with van der Waals surface area (Å²) >= 11 is 0. The summed E-state index contributed by atoms with van der Waals surface area (Å²) in [4.78, 5) is 13.5. The van der Waals surface area contributed by atoms with Gasteiger partial charge in [0.05, 0.1) is 6.61 Å². The Morgan fingerprint density at radius 2 is 2.12 bits per heavy atom. The van der Waals surface area contributed by atoms with E-state index in [0.29, 0.717) is 19.1 Å².